The van der Waals surface area contributed by atoms with Gasteiger partial charge in [0.05, 0.1) is 6.61 Å². The lowest BCUT2D eigenvalue weighted by atomic mass is 10.2. The van der Waals surface area contributed by atoms with E-state index in [1.807, 2.05) is 0 Å². The quantitative estimate of drug-likeness (QED) is 0.648. The topological polar surface area (TPSA) is 9.23 Å². The largest absolute Gasteiger partial charge is 0.494 e. The number of thiophene rings is 1. The van der Waals surface area contributed by atoms with Crippen molar-refractivity contribution in [2.24, 2.45) is 0 Å². The van der Waals surface area contributed by atoms with E-state index in [-0.39, 0.29) is 0 Å². The maximum Gasteiger partial charge on any atom is 0.120 e. The molecule has 2 aromatic rings. The highest BCUT2D eigenvalue weighted by Crippen LogP contribution is 2.25. The smallest absolute Gasteiger partial charge is 0.120 e. The number of hydrogen-bond acceptors (Lipinski definition) is 2. The van der Waals surface area contributed by atoms with E-state index in [1.165, 1.54) is 29.3 Å². The molecule has 0 aliphatic carbocycles. The molecule has 0 aliphatic heterocycles. The Morgan fingerprint density at radius 1 is 1.12 bits per heavy atom. The first kappa shape index (κ1) is 11.5. The fraction of sp³-hybridized carbons (Fsp3) is 0.429. The molecule has 1 aromatic carbocycles. The zero-order valence-electron chi connectivity index (χ0n) is 9.74. The van der Waals surface area contributed by atoms with E-state index in [0.29, 0.717) is 0 Å². The first-order chi connectivity index (χ1) is 7.90. The number of benzene rings is 1. The van der Waals surface area contributed by atoms with Gasteiger partial charge in [-0.3, -0.25) is 0 Å². The summed E-state index contributed by atoms with van der Waals surface area (Å²) >= 11 is 1.77. The lowest BCUT2D eigenvalue weighted by molar-refractivity contribution is 0.305. The Balaban J connectivity index is 1.84. The second kappa shape index (κ2) is 5.90. The summed E-state index contributed by atoms with van der Waals surface area (Å²) < 4.78 is 7.05. The van der Waals surface area contributed by atoms with Crippen molar-refractivity contribution in [2.75, 3.05) is 6.61 Å². The van der Waals surface area contributed by atoms with E-state index in [9.17, 15) is 0 Å². The van der Waals surface area contributed by atoms with Crippen LogP contribution in [-0.2, 0) is 0 Å². The molecule has 0 unspecified atom stereocenters. The standard InChI is InChI=1S/C14H18OS/c1-2-3-4-5-9-15-13-7-6-12-8-10-16-14(12)11-13/h6-8,10-11H,2-5,9H2,1H3. The van der Waals surface area contributed by atoms with E-state index in [2.05, 4.69) is 36.6 Å². The van der Waals surface area contributed by atoms with E-state index in [4.69, 9.17) is 4.74 Å². The molecule has 0 spiro atoms. The van der Waals surface area contributed by atoms with Crippen molar-refractivity contribution in [3.63, 3.8) is 0 Å². The molecule has 1 nitrogen and oxygen atoms in total. The number of rotatable bonds is 6. The fourth-order valence-electron chi connectivity index (χ4n) is 1.74. The van der Waals surface area contributed by atoms with Crippen molar-refractivity contribution in [1.82, 2.24) is 0 Å². The summed E-state index contributed by atoms with van der Waals surface area (Å²) in [5, 5.41) is 3.43. The van der Waals surface area contributed by atoms with Crippen molar-refractivity contribution in [1.29, 1.82) is 0 Å². The Bertz CT molecular complexity index is 433. The minimum atomic E-state index is 0.844. The summed E-state index contributed by atoms with van der Waals surface area (Å²) in [5.41, 5.74) is 0. The highest BCUT2D eigenvalue weighted by molar-refractivity contribution is 7.17. The zero-order chi connectivity index (χ0) is 11.2. The Morgan fingerprint density at radius 3 is 2.94 bits per heavy atom. The molecular weight excluding hydrogens is 216 g/mol. The van der Waals surface area contributed by atoms with Gasteiger partial charge >= 0.3 is 0 Å². The van der Waals surface area contributed by atoms with Crippen LogP contribution in [0.2, 0.25) is 0 Å². The summed E-state index contributed by atoms with van der Waals surface area (Å²) in [4.78, 5) is 0. The van der Waals surface area contributed by atoms with Gasteiger partial charge in [0, 0.05) is 4.70 Å². The number of hydrogen-bond donors (Lipinski definition) is 0. The summed E-state index contributed by atoms with van der Waals surface area (Å²) in [6, 6.07) is 8.48. The Morgan fingerprint density at radius 2 is 2.06 bits per heavy atom. The van der Waals surface area contributed by atoms with Crippen molar-refractivity contribution in [2.45, 2.75) is 32.6 Å². The molecule has 0 saturated carbocycles. The lowest BCUT2D eigenvalue weighted by Crippen LogP contribution is -1.96. The predicted octanol–water partition coefficient (Wildman–Crippen LogP) is 4.86. The van der Waals surface area contributed by atoms with Crippen LogP contribution in [0.5, 0.6) is 5.75 Å². The first-order valence-corrected chi connectivity index (χ1v) is 6.88. The average Bonchev–Trinajstić information content (AvgIpc) is 2.76. The van der Waals surface area contributed by atoms with Crippen LogP contribution in [0.3, 0.4) is 0 Å². The molecule has 0 bridgehead atoms. The highest BCUT2D eigenvalue weighted by atomic mass is 32.1. The molecule has 0 N–H and O–H groups in total. The van der Waals surface area contributed by atoms with E-state index < -0.39 is 0 Å². The van der Waals surface area contributed by atoms with E-state index in [0.717, 1.165) is 18.8 Å². The molecule has 2 rings (SSSR count). The van der Waals surface area contributed by atoms with Crippen LogP contribution in [0.4, 0.5) is 0 Å². The Labute approximate surface area is 101 Å². The maximum absolute atomic E-state index is 5.74. The molecule has 16 heavy (non-hydrogen) atoms. The molecule has 86 valence electrons. The number of unbranched alkanes of at least 4 members (excludes halogenated alkanes) is 3. The average molecular weight is 234 g/mol. The second-order valence-electron chi connectivity index (χ2n) is 4.03. The van der Waals surface area contributed by atoms with Crippen LogP contribution >= 0.6 is 11.3 Å². The zero-order valence-corrected chi connectivity index (χ0v) is 10.6. The molecule has 2 heteroatoms. The molecule has 0 aliphatic rings. The molecule has 0 fully saturated rings. The summed E-state index contributed by atoms with van der Waals surface area (Å²) in [5.74, 6) is 1.01. The van der Waals surface area contributed by atoms with Gasteiger partial charge in [-0.25, -0.2) is 0 Å². The van der Waals surface area contributed by atoms with Crippen LogP contribution in [0.1, 0.15) is 32.6 Å². The van der Waals surface area contributed by atoms with Crippen molar-refractivity contribution >= 4 is 21.4 Å². The van der Waals surface area contributed by atoms with Gasteiger partial charge in [-0.2, -0.15) is 0 Å². The Kier molecular flexibility index (Phi) is 4.23. The van der Waals surface area contributed by atoms with Crippen LogP contribution in [0, 0.1) is 0 Å². The normalized spacial score (nSPS) is 10.8. The minimum Gasteiger partial charge on any atom is -0.494 e. The van der Waals surface area contributed by atoms with Crippen molar-refractivity contribution < 1.29 is 4.74 Å². The first-order valence-electron chi connectivity index (χ1n) is 6.00. The molecule has 1 heterocycles. The summed E-state index contributed by atoms with van der Waals surface area (Å²) in [6.07, 6.45) is 5.03. The van der Waals surface area contributed by atoms with Crippen LogP contribution in [0.15, 0.2) is 29.6 Å². The van der Waals surface area contributed by atoms with Crippen LogP contribution in [-0.4, -0.2) is 6.61 Å². The van der Waals surface area contributed by atoms with E-state index in [1.54, 1.807) is 11.3 Å². The molecule has 0 radical (unpaired) electrons. The van der Waals surface area contributed by atoms with Gasteiger partial charge in [0.15, 0.2) is 0 Å². The highest BCUT2D eigenvalue weighted by Gasteiger charge is 1.98. The second-order valence-corrected chi connectivity index (χ2v) is 4.98. The molecule has 1 aromatic heterocycles. The van der Waals surface area contributed by atoms with Gasteiger partial charge in [-0.1, -0.05) is 26.2 Å². The third kappa shape index (κ3) is 2.99. The SMILES string of the molecule is CCCCCCOc1ccc2ccsc2c1. The molecule has 0 amide bonds. The van der Waals surface area contributed by atoms with Crippen molar-refractivity contribution in [3.05, 3.63) is 29.6 Å². The van der Waals surface area contributed by atoms with Gasteiger partial charge in [0.1, 0.15) is 5.75 Å². The van der Waals surface area contributed by atoms with Gasteiger partial charge in [-0.05, 0) is 41.5 Å². The van der Waals surface area contributed by atoms with Gasteiger partial charge in [-0.15, -0.1) is 11.3 Å². The molecule has 0 saturated heterocycles. The van der Waals surface area contributed by atoms with Gasteiger partial charge in [0.25, 0.3) is 0 Å². The third-order valence-corrected chi connectivity index (χ3v) is 3.57. The molecule has 0 atom stereocenters. The predicted molar refractivity (Wildman–Crippen MR) is 71.5 cm³/mol. The number of ether oxygens (including phenoxy) is 1. The van der Waals surface area contributed by atoms with Crippen molar-refractivity contribution in [3.8, 4) is 5.75 Å². The van der Waals surface area contributed by atoms with E-state index >= 15 is 0 Å². The Hall–Kier alpha value is -1.02. The minimum absolute atomic E-state index is 0.844. The summed E-state index contributed by atoms with van der Waals surface area (Å²) in [7, 11) is 0. The van der Waals surface area contributed by atoms with Crippen LogP contribution < -0.4 is 4.74 Å². The monoisotopic (exact) mass is 234 g/mol. The maximum atomic E-state index is 5.74. The fourth-order valence-corrected chi connectivity index (χ4v) is 2.56. The van der Waals surface area contributed by atoms with Gasteiger partial charge in [0.2, 0.25) is 0 Å². The molecular formula is C14H18OS. The lowest BCUT2D eigenvalue weighted by Gasteiger charge is -2.05. The number of fused-ring (bicyclic) bond motifs is 1. The van der Waals surface area contributed by atoms with Gasteiger partial charge < -0.3 is 4.74 Å². The third-order valence-electron chi connectivity index (χ3n) is 2.69. The summed E-state index contributed by atoms with van der Waals surface area (Å²) in [6.45, 7) is 3.07. The van der Waals surface area contributed by atoms with Crippen LogP contribution in [0.25, 0.3) is 10.1 Å².